The van der Waals surface area contributed by atoms with Crippen molar-refractivity contribution in [2.24, 2.45) is 0 Å². The molecule has 0 heterocycles. The van der Waals surface area contributed by atoms with Gasteiger partial charge in [0.05, 0.1) is 15.6 Å². The van der Waals surface area contributed by atoms with Crippen LogP contribution in [-0.4, -0.2) is 50.8 Å². The quantitative estimate of drug-likeness (QED) is 0.810. The minimum atomic E-state index is -3.59. The number of halogens is 1. The second-order valence-electron chi connectivity index (χ2n) is 5.46. The molecule has 0 radical (unpaired) electrons. The summed E-state index contributed by atoms with van der Waals surface area (Å²) >= 11 is 6.00. The molecule has 0 aliphatic carbocycles. The van der Waals surface area contributed by atoms with Crippen LogP contribution in [0, 0.1) is 6.92 Å². The monoisotopic (exact) mass is 333 g/mol. The number of nitrogens with zero attached hydrogens (tertiary/aromatic N) is 2. The highest BCUT2D eigenvalue weighted by Crippen LogP contribution is 2.29. The van der Waals surface area contributed by atoms with Crippen LogP contribution in [0.25, 0.3) is 0 Å². The molecule has 1 rings (SSSR count). The van der Waals surface area contributed by atoms with E-state index in [1.807, 2.05) is 32.8 Å². The predicted octanol–water partition coefficient (Wildman–Crippen LogP) is 2.19. The van der Waals surface area contributed by atoms with Crippen molar-refractivity contribution in [3.8, 4) is 0 Å². The number of hydrogen-bond donors (Lipinski definition) is 1. The molecule has 120 valence electrons. The molecule has 21 heavy (non-hydrogen) atoms. The second kappa shape index (κ2) is 6.96. The number of aryl methyl sites for hydroxylation is 1. The Morgan fingerprint density at radius 1 is 1.33 bits per heavy atom. The van der Waals surface area contributed by atoms with Crippen LogP contribution in [0.1, 0.15) is 19.4 Å². The molecule has 1 unspecified atom stereocenters. The highest BCUT2D eigenvalue weighted by molar-refractivity contribution is 7.89. The number of sulfonamides is 1. The van der Waals surface area contributed by atoms with Crippen LogP contribution in [0.3, 0.4) is 0 Å². The first-order chi connectivity index (χ1) is 9.61. The summed E-state index contributed by atoms with van der Waals surface area (Å²) in [7, 11) is 0.246. The number of nitrogens with two attached hydrogens (primary N) is 1. The van der Waals surface area contributed by atoms with E-state index in [4.69, 9.17) is 17.3 Å². The van der Waals surface area contributed by atoms with Crippen LogP contribution in [0.5, 0.6) is 0 Å². The summed E-state index contributed by atoms with van der Waals surface area (Å²) in [6.07, 6.45) is 0. The van der Waals surface area contributed by atoms with E-state index in [1.165, 1.54) is 10.4 Å². The van der Waals surface area contributed by atoms with Crippen LogP contribution < -0.4 is 5.73 Å². The zero-order valence-corrected chi connectivity index (χ0v) is 14.8. The molecule has 1 aromatic rings. The lowest BCUT2D eigenvalue weighted by Crippen LogP contribution is -2.43. The Hall–Kier alpha value is -0.820. The average molecular weight is 334 g/mol. The Kier molecular flexibility index (Phi) is 6.04. The van der Waals surface area contributed by atoms with Crippen molar-refractivity contribution in [1.82, 2.24) is 9.21 Å². The molecule has 0 fully saturated rings. The molecule has 0 aliphatic heterocycles. The van der Waals surface area contributed by atoms with E-state index in [1.54, 1.807) is 13.0 Å². The number of anilines is 1. The standard InChI is InChI=1S/C14H24ClN3O2S/c1-6-18(11(3)9-17(4)5)21(19,20)12-7-10(2)14(15)13(16)8-12/h7-8,11H,6,9,16H2,1-5H3. The molecular formula is C14H24ClN3O2S. The molecule has 7 heteroatoms. The lowest BCUT2D eigenvalue weighted by molar-refractivity contribution is 0.271. The molecule has 1 aromatic carbocycles. The summed E-state index contributed by atoms with van der Waals surface area (Å²) < 4.78 is 27.1. The Morgan fingerprint density at radius 3 is 2.33 bits per heavy atom. The molecule has 0 amide bonds. The lowest BCUT2D eigenvalue weighted by Gasteiger charge is -2.29. The second-order valence-corrected chi connectivity index (χ2v) is 7.73. The topological polar surface area (TPSA) is 66.6 Å². The van der Waals surface area contributed by atoms with Gasteiger partial charge < -0.3 is 10.6 Å². The molecule has 0 aromatic heterocycles. The average Bonchev–Trinajstić information content (AvgIpc) is 2.34. The van der Waals surface area contributed by atoms with Gasteiger partial charge in [0.2, 0.25) is 10.0 Å². The maximum absolute atomic E-state index is 12.8. The third kappa shape index (κ3) is 4.10. The van der Waals surface area contributed by atoms with Gasteiger partial charge in [-0.15, -0.1) is 0 Å². The van der Waals surface area contributed by atoms with E-state index < -0.39 is 10.0 Å². The molecule has 0 saturated carbocycles. The summed E-state index contributed by atoms with van der Waals surface area (Å²) in [5.74, 6) is 0. The fourth-order valence-electron chi connectivity index (χ4n) is 2.39. The normalized spacial score (nSPS) is 13.9. The maximum atomic E-state index is 12.8. The number of hydrogen-bond acceptors (Lipinski definition) is 4. The van der Waals surface area contributed by atoms with Gasteiger partial charge in [0, 0.05) is 19.1 Å². The van der Waals surface area contributed by atoms with E-state index in [-0.39, 0.29) is 16.6 Å². The number of nitrogen functional groups attached to an aromatic ring is 1. The smallest absolute Gasteiger partial charge is 0.243 e. The molecule has 0 aliphatic rings. The summed E-state index contributed by atoms with van der Waals surface area (Å²) in [4.78, 5) is 2.15. The van der Waals surface area contributed by atoms with Crippen molar-refractivity contribution in [2.45, 2.75) is 31.7 Å². The lowest BCUT2D eigenvalue weighted by atomic mass is 10.2. The zero-order valence-electron chi connectivity index (χ0n) is 13.2. The Balaban J connectivity index is 3.25. The number of rotatable bonds is 6. The SMILES string of the molecule is CCN(C(C)CN(C)C)S(=O)(=O)c1cc(C)c(Cl)c(N)c1. The van der Waals surface area contributed by atoms with Gasteiger partial charge in [0.15, 0.2) is 0 Å². The molecule has 0 saturated heterocycles. The van der Waals surface area contributed by atoms with Crippen molar-refractivity contribution in [2.75, 3.05) is 32.9 Å². The summed E-state index contributed by atoms with van der Waals surface area (Å²) in [6, 6.07) is 2.86. The van der Waals surface area contributed by atoms with Gasteiger partial charge in [-0.05, 0) is 45.6 Å². The molecular weight excluding hydrogens is 310 g/mol. The van der Waals surface area contributed by atoms with Gasteiger partial charge in [0.1, 0.15) is 0 Å². The van der Waals surface area contributed by atoms with Crippen LogP contribution in [0.2, 0.25) is 5.02 Å². The van der Waals surface area contributed by atoms with Crippen LogP contribution >= 0.6 is 11.6 Å². The van der Waals surface area contributed by atoms with Crippen molar-refractivity contribution < 1.29 is 8.42 Å². The van der Waals surface area contributed by atoms with E-state index in [2.05, 4.69) is 0 Å². The third-order valence-electron chi connectivity index (χ3n) is 3.30. The Bertz CT molecular complexity index is 579. The largest absolute Gasteiger partial charge is 0.397 e. The number of likely N-dealkylation sites (N-methyl/N-ethyl adjacent to an activating group) is 2. The van der Waals surface area contributed by atoms with E-state index in [0.29, 0.717) is 23.7 Å². The zero-order chi connectivity index (χ0) is 16.4. The van der Waals surface area contributed by atoms with Crippen molar-refractivity contribution in [3.63, 3.8) is 0 Å². The first kappa shape index (κ1) is 18.2. The van der Waals surface area contributed by atoms with Crippen LogP contribution in [0.15, 0.2) is 17.0 Å². The third-order valence-corrected chi connectivity index (χ3v) is 5.88. The van der Waals surface area contributed by atoms with Gasteiger partial charge in [-0.1, -0.05) is 18.5 Å². The van der Waals surface area contributed by atoms with Gasteiger partial charge in [-0.3, -0.25) is 0 Å². The summed E-state index contributed by atoms with van der Waals surface area (Å²) in [5.41, 5.74) is 6.74. The van der Waals surface area contributed by atoms with E-state index >= 15 is 0 Å². The fraction of sp³-hybridized carbons (Fsp3) is 0.571. The van der Waals surface area contributed by atoms with E-state index in [0.717, 1.165) is 0 Å². The fourth-order valence-corrected chi connectivity index (χ4v) is 4.25. The van der Waals surface area contributed by atoms with E-state index in [9.17, 15) is 8.42 Å². The van der Waals surface area contributed by atoms with Crippen molar-refractivity contribution in [1.29, 1.82) is 0 Å². The Morgan fingerprint density at radius 2 is 1.90 bits per heavy atom. The highest BCUT2D eigenvalue weighted by Gasteiger charge is 2.28. The summed E-state index contributed by atoms with van der Waals surface area (Å²) in [6.45, 7) is 6.52. The van der Waals surface area contributed by atoms with Gasteiger partial charge >= 0.3 is 0 Å². The first-order valence-electron chi connectivity index (χ1n) is 6.83. The molecule has 5 nitrogen and oxygen atoms in total. The molecule has 0 spiro atoms. The van der Waals surface area contributed by atoms with Gasteiger partial charge in [-0.2, -0.15) is 4.31 Å². The molecule has 2 N–H and O–H groups in total. The minimum Gasteiger partial charge on any atom is -0.397 e. The molecule has 1 atom stereocenters. The minimum absolute atomic E-state index is 0.132. The maximum Gasteiger partial charge on any atom is 0.243 e. The molecule has 0 bridgehead atoms. The van der Waals surface area contributed by atoms with Crippen LogP contribution in [-0.2, 0) is 10.0 Å². The van der Waals surface area contributed by atoms with Gasteiger partial charge in [0.25, 0.3) is 0 Å². The van der Waals surface area contributed by atoms with Crippen molar-refractivity contribution >= 4 is 27.3 Å². The van der Waals surface area contributed by atoms with Gasteiger partial charge in [-0.25, -0.2) is 8.42 Å². The van der Waals surface area contributed by atoms with Crippen molar-refractivity contribution in [3.05, 3.63) is 22.7 Å². The van der Waals surface area contributed by atoms with Crippen LogP contribution in [0.4, 0.5) is 5.69 Å². The summed E-state index contributed by atoms with van der Waals surface area (Å²) in [5, 5.41) is 0.401. The Labute approximate surface area is 132 Å². The number of benzene rings is 1. The highest BCUT2D eigenvalue weighted by atomic mass is 35.5. The predicted molar refractivity (Wildman–Crippen MR) is 88.2 cm³/mol. The first-order valence-corrected chi connectivity index (χ1v) is 8.65.